The minimum absolute atomic E-state index is 0.0903. The zero-order valence-corrected chi connectivity index (χ0v) is 12.6. The quantitative estimate of drug-likeness (QED) is 0.891. The van der Waals surface area contributed by atoms with Crippen molar-refractivity contribution in [2.24, 2.45) is 0 Å². The maximum atomic E-state index is 14.0. The lowest BCUT2D eigenvalue weighted by molar-refractivity contribution is 0.0725. The molecule has 1 N–H and O–H groups in total. The van der Waals surface area contributed by atoms with Gasteiger partial charge < -0.3 is 9.84 Å². The minimum atomic E-state index is -1.33. The molecule has 2 rings (SSSR count). The molecule has 0 bridgehead atoms. The highest BCUT2D eigenvalue weighted by Gasteiger charge is 2.32. The SMILES string of the molecule is CCC(O)(c1ccc(OC(C)C)cc1)c1ccccc1F. The number of aliphatic hydroxyl groups is 1. The summed E-state index contributed by atoms with van der Waals surface area (Å²) < 4.78 is 19.6. The van der Waals surface area contributed by atoms with Gasteiger partial charge in [-0.05, 0) is 44.0 Å². The molecule has 0 aliphatic rings. The molecule has 1 atom stereocenters. The molecule has 112 valence electrons. The fourth-order valence-electron chi connectivity index (χ4n) is 2.43. The second-order valence-corrected chi connectivity index (χ2v) is 5.38. The Bertz CT molecular complexity index is 592. The fraction of sp³-hybridized carbons (Fsp3) is 0.333. The van der Waals surface area contributed by atoms with Gasteiger partial charge >= 0.3 is 0 Å². The molecule has 0 spiro atoms. The number of ether oxygens (including phenoxy) is 1. The van der Waals surface area contributed by atoms with E-state index in [1.165, 1.54) is 6.07 Å². The second kappa shape index (κ2) is 6.27. The van der Waals surface area contributed by atoms with Gasteiger partial charge in [-0.2, -0.15) is 0 Å². The van der Waals surface area contributed by atoms with Crippen LogP contribution >= 0.6 is 0 Å². The Morgan fingerprint density at radius 3 is 2.24 bits per heavy atom. The van der Waals surface area contributed by atoms with Gasteiger partial charge in [0.2, 0.25) is 0 Å². The van der Waals surface area contributed by atoms with E-state index in [1.807, 2.05) is 20.8 Å². The molecule has 2 aromatic carbocycles. The summed E-state index contributed by atoms with van der Waals surface area (Å²) in [5.74, 6) is 0.338. The van der Waals surface area contributed by atoms with Gasteiger partial charge in [0.05, 0.1) is 6.10 Å². The molecule has 0 fully saturated rings. The van der Waals surface area contributed by atoms with Crippen LogP contribution in [0.15, 0.2) is 48.5 Å². The van der Waals surface area contributed by atoms with Crippen molar-refractivity contribution in [2.75, 3.05) is 0 Å². The van der Waals surface area contributed by atoms with Crippen molar-refractivity contribution in [3.8, 4) is 5.75 Å². The van der Waals surface area contributed by atoms with E-state index in [4.69, 9.17) is 4.74 Å². The maximum Gasteiger partial charge on any atom is 0.129 e. The highest BCUT2D eigenvalue weighted by molar-refractivity contribution is 5.39. The van der Waals surface area contributed by atoms with Crippen LogP contribution in [0.5, 0.6) is 5.75 Å². The van der Waals surface area contributed by atoms with Gasteiger partial charge in [0.25, 0.3) is 0 Å². The zero-order chi connectivity index (χ0) is 15.5. The fourth-order valence-corrected chi connectivity index (χ4v) is 2.43. The Morgan fingerprint density at radius 2 is 1.71 bits per heavy atom. The van der Waals surface area contributed by atoms with E-state index < -0.39 is 11.4 Å². The molecule has 0 aliphatic heterocycles. The van der Waals surface area contributed by atoms with E-state index in [0.29, 0.717) is 17.5 Å². The predicted octanol–water partition coefficient (Wildman–Crippen LogP) is 4.26. The van der Waals surface area contributed by atoms with E-state index in [-0.39, 0.29) is 6.10 Å². The molecule has 21 heavy (non-hydrogen) atoms. The number of halogens is 1. The topological polar surface area (TPSA) is 29.5 Å². The Balaban J connectivity index is 2.39. The van der Waals surface area contributed by atoms with Gasteiger partial charge in [0.1, 0.15) is 17.2 Å². The third-order valence-electron chi connectivity index (χ3n) is 3.53. The molecule has 2 nitrogen and oxygen atoms in total. The van der Waals surface area contributed by atoms with Crippen molar-refractivity contribution < 1.29 is 14.2 Å². The summed E-state index contributed by atoms with van der Waals surface area (Å²) in [6.45, 7) is 5.75. The Hall–Kier alpha value is -1.87. The van der Waals surface area contributed by atoms with Crippen LogP contribution in [0.1, 0.15) is 38.3 Å². The summed E-state index contributed by atoms with van der Waals surface area (Å²) in [5.41, 5.74) is -0.377. The van der Waals surface area contributed by atoms with Crippen LogP contribution in [-0.2, 0) is 5.60 Å². The van der Waals surface area contributed by atoms with Gasteiger partial charge in [-0.15, -0.1) is 0 Å². The molecule has 1 unspecified atom stereocenters. The van der Waals surface area contributed by atoms with Crippen LogP contribution in [0, 0.1) is 5.82 Å². The molecule has 0 aromatic heterocycles. The summed E-state index contributed by atoms with van der Waals surface area (Å²) in [4.78, 5) is 0. The van der Waals surface area contributed by atoms with Crippen molar-refractivity contribution in [1.29, 1.82) is 0 Å². The van der Waals surface area contributed by atoms with Gasteiger partial charge in [0.15, 0.2) is 0 Å². The highest BCUT2D eigenvalue weighted by atomic mass is 19.1. The van der Waals surface area contributed by atoms with E-state index in [0.717, 1.165) is 5.75 Å². The first kappa shape index (κ1) is 15.5. The van der Waals surface area contributed by atoms with Crippen molar-refractivity contribution in [3.63, 3.8) is 0 Å². The zero-order valence-electron chi connectivity index (χ0n) is 12.6. The van der Waals surface area contributed by atoms with Crippen LogP contribution < -0.4 is 4.74 Å². The van der Waals surface area contributed by atoms with Gasteiger partial charge in [0, 0.05) is 5.56 Å². The molecular weight excluding hydrogens is 267 g/mol. The van der Waals surface area contributed by atoms with Crippen molar-refractivity contribution in [1.82, 2.24) is 0 Å². The average molecular weight is 288 g/mol. The molecule has 0 amide bonds. The summed E-state index contributed by atoms with van der Waals surface area (Å²) in [6, 6.07) is 13.5. The average Bonchev–Trinajstić information content (AvgIpc) is 2.47. The Morgan fingerprint density at radius 1 is 1.10 bits per heavy atom. The normalized spacial score (nSPS) is 14.0. The van der Waals surface area contributed by atoms with Crippen LogP contribution in [0.25, 0.3) is 0 Å². The second-order valence-electron chi connectivity index (χ2n) is 5.38. The van der Waals surface area contributed by atoms with Crippen molar-refractivity contribution in [3.05, 3.63) is 65.5 Å². The smallest absolute Gasteiger partial charge is 0.129 e. The van der Waals surface area contributed by atoms with Crippen molar-refractivity contribution in [2.45, 2.75) is 38.9 Å². The lowest BCUT2D eigenvalue weighted by atomic mass is 9.84. The summed E-state index contributed by atoms with van der Waals surface area (Å²) in [7, 11) is 0. The third-order valence-corrected chi connectivity index (χ3v) is 3.53. The molecule has 0 saturated heterocycles. The molecular formula is C18H21FO2. The first-order chi connectivity index (χ1) is 9.97. The van der Waals surface area contributed by atoms with Crippen molar-refractivity contribution >= 4 is 0 Å². The van der Waals surface area contributed by atoms with E-state index in [9.17, 15) is 9.50 Å². The molecule has 0 radical (unpaired) electrons. The number of rotatable bonds is 5. The monoisotopic (exact) mass is 288 g/mol. The highest BCUT2D eigenvalue weighted by Crippen LogP contribution is 2.35. The van der Waals surface area contributed by atoms with Gasteiger partial charge in [-0.1, -0.05) is 37.3 Å². The van der Waals surface area contributed by atoms with Crippen LogP contribution in [0.2, 0.25) is 0 Å². The molecule has 3 heteroatoms. The lowest BCUT2D eigenvalue weighted by Gasteiger charge is -2.28. The Labute approximate surface area is 125 Å². The predicted molar refractivity (Wildman–Crippen MR) is 81.9 cm³/mol. The first-order valence-corrected chi connectivity index (χ1v) is 7.22. The number of hydrogen-bond donors (Lipinski definition) is 1. The maximum absolute atomic E-state index is 14.0. The molecule has 0 saturated carbocycles. The summed E-state index contributed by atoms with van der Waals surface area (Å²) in [6.07, 6.45) is 0.477. The molecule has 0 aliphatic carbocycles. The minimum Gasteiger partial charge on any atom is -0.491 e. The first-order valence-electron chi connectivity index (χ1n) is 7.22. The van der Waals surface area contributed by atoms with E-state index in [1.54, 1.807) is 42.5 Å². The standard InChI is InChI=1S/C18H21FO2/c1-4-18(20,16-7-5-6-8-17(16)19)14-9-11-15(12-10-14)21-13(2)3/h5-13,20H,4H2,1-3H3. The third kappa shape index (κ3) is 3.24. The summed E-state index contributed by atoms with van der Waals surface area (Å²) in [5, 5.41) is 10.9. The lowest BCUT2D eigenvalue weighted by Crippen LogP contribution is -2.27. The van der Waals surface area contributed by atoms with Gasteiger partial charge in [-0.25, -0.2) is 4.39 Å². The Kier molecular flexibility index (Phi) is 4.63. The number of benzene rings is 2. The van der Waals surface area contributed by atoms with E-state index >= 15 is 0 Å². The van der Waals surface area contributed by atoms with E-state index in [2.05, 4.69) is 0 Å². The summed E-state index contributed by atoms with van der Waals surface area (Å²) >= 11 is 0. The van der Waals surface area contributed by atoms with Crippen LogP contribution in [-0.4, -0.2) is 11.2 Å². The van der Waals surface area contributed by atoms with Crippen LogP contribution in [0.3, 0.4) is 0 Å². The molecule has 0 heterocycles. The van der Waals surface area contributed by atoms with Crippen LogP contribution in [0.4, 0.5) is 4.39 Å². The largest absolute Gasteiger partial charge is 0.491 e. The number of hydrogen-bond acceptors (Lipinski definition) is 2. The van der Waals surface area contributed by atoms with Gasteiger partial charge in [-0.3, -0.25) is 0 Å². The molecule has 2 aromatic rings.